The Bertz CT molecular complexity index is 4470. The first-order valence-electron chi connectivity index (χ1n) is 29.9. The first kappa shape index (κ1) is 49.6. The summed E-state index contributed by atoms with van der Waals surface area (Å²) in [4.78, 5) is 5.28. The molecule has 82 heavy (non-hydrogen) atoms. The summed E-state index contributed by atoms with van der Waals surface area (Å²) in [5.41, 5.74) is 31.3. The molecule has 0 unspecified atom stereocenters. The van der Waals surface area contributed by atoms with Crippen molar-refractivity contribution >= 4 is 124 Å². The van der Waals surface area contributed by atoms with Crippen LogP contribution in [0.3, 0.4) is 0 Å². The molecule has 0 N–H and O–H groups in total. The average molecular weight is 1060 g/mol. The van der Waals surface area contributed by atoms with E-state index in [0.717, 1.165) is 0 Å². The van der Waals surface area contributed by atoms with Gasteiger partial charge in [-0.25, -0.2) is 0 Å². The molecular weight excluding hydrogens is 990 g/mol. The van der Waals surface area contributed by atoms with Gasteiger partial charge in [0.15, 0.2) is 0 Å². The minimum atomic E-state index is -0.129. The van der Waals surface area contributed by atoms with Gasteiger partial charge in [0.05, 0.1) is 11.0 Å². The van der Waals surface area contributed by atoms with Gasteiger partial charge >= 0.3 is 13.7 Å². The zero-order valence-electron chi connectivity index (χ0n) is 50.1. The molecule has 6 heteroatoms. The number of aryl methyl sites for hydroxylation is 2. The monoisotopic (exact) mass is 1060 g/mol. The molecule has 0 atom stereocenters. The minimum Gasteiger partial charge on any atom is -0.374 e. The summed E-state index contributed by atoms with van der Waals surface area (Å²) < 4.78 is 5.69. The summed E-state index contributed by atoms with van der Waals surface area (Å²) in [7, 11) is 0. The number of para-hydroxylation sites is 2. The summed E-state index contributed by atoms with van der Waals surface area (Å²) in [6.07, 6.45) is 0. The van der Waals surface area contributed by atoms with Crippen molar-refractivity contribution in [2.24, 2.45) is 0 Å². The quantitative estimate of drug-likeness (QED) is 0.160. The van der Waals surface area contributed by atoms with E-state index in [4.69, 9.17) is 0 Å². The van der Waals surface area contributed by atoms with Crippen LogP contribution < -0.4 is 31.7 Å². The fourth-order valence-electron chi connectivity index (χ4n) is 15.3. The molecule has 0 saturated carbocycles. The highest BCUT2D eigenvalue weighted by atomic mass is 15.2. The van der Waals surface area contributed by atoms with E-state index in [1.165, 1.54) is 166 Å². The normalized spacial score (nSPS) is 14.4. The van der Waals surface area contributed by atoms with Crippen LogP contribution in [0.5, 0.6) is 0 Å². The lowest BCUT2D eigenvalue weighted by atomic mass is 9.44. The Kier molecular flexibility index (Phi) is 9.85. The topological polar surface area (TPSA) is 16.3 Å². The molecule has 0 spiro atoms. The number of hydrogen-bond acceptors (Lipinski definition) is 2. The van der Waals surface area contributed by atoms with Gasteiger partial charge in [-0.15, -0.1) is 0 Å². The highest BCUT2D eigenvalue weighted by Crippen LogP contribution is 2.53. The lowest BCUT2D eigenvalue weighted by molar-refractivity contribution is 0.568. The third-order valence-electron chi connectivity index (χ3n) is 19.5. The molecule has 0 amide bonds. The minimum absolute atomic E-state index is 0.0547. The second-order valence-corrected chi connectivity index (χ2v) is 28.7. The van der Waals surface area contributed by atoms with Crippen LogP contribution in [0.15, 0.2) is 170 Å². The van der Waals surface area contributed by atoms with E-state index in [0.29, 0.717) is 0 Å². The summed E-state index contributed by atoms with van der Waals surface area (Å²) in [6.45, 7) is 32.7. The zero-order chi connectivity index (χ0) is 56.6. The van der Waals surface area contributed by atoms with E-state index in [1.54, 1.807) is 0 Å². The van der Waals surface area contributed by atoms with Crippen molar-refractivity contribution in [3.05, 3.63) is 203 Å². The molecule has 4 aliphatic heterocycles. The third-order valence-corrected chi connectivity index (χ3v) is 19.5. The van der Waals surface area contributed by atoms with Gasteiger partial charge in [0.25, 0.3) is 0 Å². The SMILES string of the molecule is Cc1ccc2c3c1-c1cccc4c1n(c1c5cccc6c5n(c41)B1c4c(ccc(C)c4-6)N(c4cc(C(C)(C)C)cc(C(C)(C)C)c4)c4ccc5ccccc5c41)B3c1c(ccc3ccccc13)N2c1cc(C(C)(C)C)cc(C(C)(C)C)c1. The summed E-state index contributed by atoms with van der Waals surface area (Å²) >= 11 is 0. The Morgan fingerprint density at radius 2 is 0.634 bits per heavy atom. The number of hydrogen-bond donors (Lipinski definition) is 0. The van der Waals surface area contributed by atoms with E-state index in [1.807, 2.05) is 0 Å². The molecule has 6 heterocycles. The molecule has 0 radical (unpaired) electrons. The standard InChI is InChI=1S/C76H70B2N4/c1-43-29-33-61-67-63(43)55-25-19-27-57-69(55)81(77(67)65-53-23-17-15-21-45(53)31-35-59(65)79(61)51-39-47(73(3,4)5)37-48(40-51)74(6,7)8)72-58-28-20-26-56-64-44(2)30-34-62-68(64)78(82(70(56)58)71(57)72)66-54-24-18-16-22-46(54)32-36-60(66)80(62)52-41-49(75(9,10)11)38-50(42-52)76(12,13)14/h15-42H,1-14H3. The smallest absolute Gasteiger partial charge is 0.333 e. The number of aromatic nitrogens is 2. The van der Waals surface area contributed by atoms with Crippen molar-refractivity contribution in [3.8, 4) is 22.3 Å². The van der Waals surface area contributed by atoms with Crippen molar-refractivity contribution in [2.75, 3.05) is 9.80 Å². The van der Waals surface area contributed by atoms with E-state index in [-0.39, 0.29) is 35.4 Å². The Labute approximate surface area is 484 Å². The van der Waals surface area contributed by atoms with Crippen molar-refractivity contribution < 1.29 is 0 Å². The largest absolute Gasteiger partial charge is 0.374 e. The van der Waals surface area contributed by atoms with E-state index < -0.39 is 0 Å². The van der Waals surface area contributed by atoms with Crippen LogP contribution in [0, 0.1) is 13.8 Å². The maximum Gasteiger partial charge on any atom is 0.333 e. The van der Waals surface area contributed by atoms with Gasteiger partial charge in [-0.3, -0.25) is 0 Å². The zero-order valence-corrected chi connectivity index (χ0v) is 50.1. The Hall–Kier alpha value is -8.21. The number of rotatable bonds is 2. The summed E-state index contributed by atoms with van der Waals surface area (Å²) in [5.74, 6) is 0. The molecule has 0 saturated heterocycles. The van der Waals surface area contributed by atoms with E-state index in [2.05, 4.69) is 286 Å². The third kappa shape index (κ3) is 6.58. The molecule has 12 aromatic rings. The number of anilines is 6. The van der Waals surface area contributed by atoms with Gasteiger partial charge in [0.1, 0.15) is 0 Å². The van der Waals surface area contributed by atoms with Crippen molar-refractivity contribution in [1.82, 2.24) is 8.96 Å². The fourth-order valence-corrected chi connectivity index (χ4v) is 15.3. The van der Waals surface area contributed by atoms with Crippen LogP contribution in [0.4, 0.5) is 34.1 Å². The molecule has 16 rings (SSSR count). The second kappa shape index (κ2) is 16.3. The lowest BCUT2D eigenvalue weighted by Crippen LogP contribution is -2.57. The Morgan fingerprint density at radius 3 is 1.00 bits per heavy atom. The van der Waals surface area contributed by atoms with Gasteiger partial charge in [-0.05, 0) is 172 Å². The van der Waals surface area contributed by atoms with Gasteiger partial charge in [-0.2, -0.15) is 0 Å². The molecule has 2 aromatic heterocycles. The first-order valence-corrected chi connectivity index (χ1v) is 29.9. The van der Waals surface area contributed by atoms with Gasteiger partial charge in [-0.1, -0.05) is 204 Å². The maximum atomic E-state index is 2.84. The van der Waals surface area contributed by atoms with Crippen LogP contribution in [0.25, 0.3) is 76.6 Å². The molecule has 0 fully saturated rings. The van der Waals surface area contributed by atoms with Crippen LogP contribution >= 0.6 is 0 Å². The van der Waals surface area contributed by atoms with Crippen molar-refractivity contribution in [1.29, 1.82) is 0 Å². The van der Waals surface area contributed by atoms with Crippen molar-refractivity contribution in [2.45, 2.75) is 119 Å². The van der Waals surface area contributed by atoms with Gasteiger partial charge in [0, 0.05) is 67.1 Å². The number of nitrogens with zero attached hydrogens (tertiary/aromatic N) is 4. The van der Waals surface area contributed by atoms with Crippen LogP contribution in [-0.2, 0) is 21.7 Å². The summed E-state index contributed by atoms with van der Waals surface area (Å²) in [6, 6.07) is 67.0. The molecule has 4 nitrogen and oxygen atoms in total. The average Bonchev–Trinajstić information content (AvgIpc) is 1.49. The Morgan fingerprint density at radius 1 is 0.305 bits per heavy atom. The van der Waals surface area contributed by atoms with Crippen LogP contribution in [0.2, 0.25) is 0 Å². The Balaban J connectivity index is 1.05. The number of benzene rings is 10. The second-order valence-electron chi connectivity index (χ2n) is 28.7. The highest BCUT2D eigenvalue weighted by Gasteiger charge is 2.49. The van der Waals surface area contributed by atoms with Crippen LogP contribution in [-0.4, -0.2) is 22.7 Å². The molecule has 0 aliphatic carbocycles. The lowest BCUT2D eigenvalue weighted by Gasteiger charge is -2.42. The fraction of sp³-hybridized carbons (Fsp3) is 0.237. The first-order chi connectivity index (χ1) is 39.1. The highest BCUT2D eigenvalue weighted by molar-refractivity contribution is 6.93. The van der Waals surface area contributed by atoms with E-state index in [9.17, 15) is 0 Å². The number of fused-ring (bicyclic) bond motifs is 17. The molecule has 10 aromatic carbocycles. The van der Waals surface area contributed by atoms with Crippen molar-refractivity contribution in [3.63, 3.8) is 0 Å². The molecule has 400 valence electrons. The van der Waals surface area contributed by atoms with Gasteiger partial charge < -0.3 is 18.8 Å². The van der Waals surface area contributed by atoms with Crippen LogP contribution in [0.1, 0.15) is 116 Å². The molecular formula is C76H70B2N4. The molecule has 4 aliphatic rings. The van der Waals surface area contributed by atoms with Gasteiger partial charge in [0.2, 0.25) is 0 Å². The van der Waals surface area contributed by atoms with E-state index >= 15 is 0 Å². The molecule has 0 bridgehead atoms. The predicted octanol–water partition coefficient (Wildman–Crippen LogP) is 17.7. The predicted molar refractivity (Wildman–Crippen MR) is 355 cm³/mol. The maximum absolute atomic E-state index is 2.84. The summed E-state index contributed by atoms with van der Waals surface area (Å²) in [5, 5.41) is 7.72.